The van der Waals surface area contributed by atoms with Gasteiger partial charge in [0.1, 0.15) is 0 Å². The molecule has 15 heavy (non-hydrogen) atoms. The molecule has 0 saturated carbocycles. The second-order valence-corrected chi connectivity index (χ2v) is 3.40. The van der Waals surface area contributed by atoms with Crippen molar-refractivity contribution in [3.05, 3.63) is 47.7 Å². The Hall–Kier alpha value is -1.71. The van der Waals surface area contributed by atoms with E-state index in [1.807, 2.05) is 0 Å². The van der Waals surface area contributed by atoms with Gasteiger partial charge < -0.3 is 5.32 Å². The minimum absolute atomic E-state index is 0.0246. The van der Waals surface area contributed by atoms with Gasteiger partial charge >= 0.3 is 0 Å². The third-order valence-corrected chi connectivity index (χ3v) is 2.32. The zero-order valence-corrected chi connectivity index (χ0v) is 7.84. The maximum absolute atomic E-state index is 12.9. The second kappa shape index (κ2) is 3.81. The van der Waals surface area contributed by atoms with Crippen LogP contribution >= 0.6 is 0 Å². The van der Waals surface area contributed by atoms with Gasteiger partial charge in [-0.25, -0.2) is 8.78 Å². The van der Waals surface area contributed by atoms with Crippen molar-refractivity contribution in [1.82, 2.24) is 5.32 Å². The number of nitrogens with one attached hydrogen (secondary N) is 1. The van der Waals surface area contributed by atoms with Crippen LogP contribution in [0.4, 0.5) is 8.78 Å². The highest BCUT2D eigenvalue weighted by Gasteiger charge is 2.17. The highest BCUT2D eigenvalue weighted by molar-refractivity contribution is 5.90. The Bertz CT molecular complexity index is 429. The number of ketones is 1. The Morgan fingerprint density at radius 2 is 2.07 bits per heavy atom. The van der Waals surface area contributed by atoms with Crippen molar-refractivity contribution in [1.29, 1.82) is 0 Å². The molecule has 0 saturated heterocycles. The van der Waals surface area contributed by atoms with Gasteiger partial charge in [-0.15, -0.1) is 0 Å². The normalized spacial score (nSPS) is 20.1. The third kappa shape index (κ3) is 2.03. The Kier molecular flexibility index (Phi) is 2.49. The molecule has 2 nitrogen and oxygen atoms in total. The van der Waals surface area contributed by atoms with Gasteiger partial charge in [-0.1, -0.05) is 6.07 Å². The molecule has 0 bridgehead atoms. The van der Waals surface area contributed by atoms with Crippen LogP contribution in [0.1, 0.15) is 18.0 Å². The molecule has 1 aliphatic heterocycles. The van der Waals surface area contributed by atoms with Crippen molar-refractivity contribution in [2.45, 2.75) is 12.5 Å². The topological polar surface area (TPSA) is 29.1 Å². The van der Waals surface area contributed by atoms with Crippen LogP contribution in [0.2, 0.25) is 0 Å². The first-order valence-electron chi connectivity index (χ1n) is 4.57. The van der Waals surface area contributed by atoms with Gasteiger partial charge in [-0.3, -0.25) is 4.79 Å². The first-order chi connectivity index (χ1) is 7.16. The van der Waals surface area contributed by atoms with Crippen LogP contribution in [-0.4, -0.2) is 5.78 Å². The van der Waals surface area contributed by atoms with E-state index < -0.39 is 11.6 Å². The molecule has 1 aromatic carbocycles. The van der Waals surface area contributed by atoms with E-state index in [-0.39, 0.29) is 18.2 Å². The fourth-order valence-corrected chi connectivity index (χ4v) is 1.53. The zero-order valence-electron chi connectivity index (χ0n) is 7.84. The van der Waals surface area contributed by atoms with Crippen LogP contribution in [0.15, 0.2) is 30.5 Å². The summed E-state index contributed by atoms with van der Waals surface area (Å²) in [7, 11) is 0. The summed E-state index contributed by atoms with van der Waals surface area (Å²) in [6, 6.07) is 3.38. The van der Waals surface area contributed by atoms with E-state index in [4.69, 9.17) is 0 Å². The molecular weight excluding hydrogens is 200 g/mol. The molecule has 0 spiro atoms. The fourth-order valence-electron chi connectivity index (χ4n) is 1.53. The lowest BCUT2D eigenvalue weighted by Gasteiger charge is -2.19. The molecule has 2 rings (SSSR count). The van der Waals surface area contributed by atoms with Crippen molar-refractivity contribution in [3.8, 4) is 0 Å². The van der Waals surface area contributed by atoms with Gasteiger partial charge in [0, 0.05) is 12.6 Å². The molecule has 1 aromatic rings. The molecular formula is C11H9F2NO. The van der Waals surface area contributed by atoms with E-state index in [1.165, 1.54) is 18.3 Å². The highest BCUT2D eigenvalue weighted by Crippen LogP contribution is 2.21. The van der Waals surface area contributed by atoms with Crippen LogP contribution in [0.5, 0.6) is 0 Å². The lowest BCUT2D eigenvalue weighted by atomic mass is 9.99. The maximum Gasteiger partial charge on any atom is 0.159 e. The van der Waals surface area contributed by atoms with Crippen LogP contribution in [0.3, 0.4) is 0 Å². The van der Waals surface area contributed by atoms with Crippen LogP contribution < -0.4 is 5.32 Å². The molecule has 4 heteroatoms. The summed E-state index contributed by atoms with van der Waals surface area (Å²) in [4.78, 5) is 11.1. The molecule has 1 aliphatic rings. The molecule has 0 aliphatic carbocycles. The Morgan fingerprint density at radius 1 is 1.27 bits per heavy atom. The van der Waals surface area contributed by atoms with Gasteiger partial charge in [0.05, 0.1) is 6.04 Å². The average molecular weight is 209 g/mol. The molecule has 1 N–H and O–H groups in total. The Balaban J connectivity index is 2.26. The van der Waals surface area contributed by atoms with Crippen molar-refractivity contribution in [3.63, 3.8) is 0 Å². The Labute approximate surface area is 85.6 Å². The number of allylic oxidation sites excluding steroid dienone is 1. The molecule has 78 valence electrons. The standard InChI is InChI=1S/C11H9F2NO/c12-9-2-1-7(5-10(9)13)11-6-8(15)3-4-14-11/h1-5,11,14H,6H2. The summed E-state index contributed by atoms with van der Waals surface area (Å²) in [5.41, 5.74) is 0.576. The number of carbonyl (C=O) groups excluding carboxylic acids is 1. The van der Waals surface area contributed by atoms with E-state index in [0.29, 0.717) is 5.56 Å². The first kappa shape index (κ1) is 9.83. The van der Waals surface area contributed by atoms with Crippen molar-refractivity contribution >= 4 is 5.78 Å². The summed E-state index contributed by atoms with van der Waals surface area (Å²) in [5.74, 6) is -1.80. The van der Waals surface area contributed by atoms with E-state index in [9.17, 15) is 13.6 Å². The zero-order chi connectivity index (χ0) is 10.8. The number of carbonyl (C=O) groups is 1. The lowest BCUT2D eigenvalue weighted by Crippen LogP contribution is -2.23. The predicted octanol–water partition coefficient (Wildman–Crippen LogP) is 2.08. The quantitative estimate of drug-likeness (QED) is 0.767. The molecule has 1 unspecified atom stereocenters. The Morgan fingerprint density at radius 3 is 2.73 bits per heavy atom. The monoisotopic (exact) mass is 209 g/mol. The van der Waals surface area contributed by atoms with Gasteiger partial charge in [0.2, 0.25) is 0 Å². The largest absolute Gasteiger partial charge is 0.384 e. The summed E-state index contributed by atoms with van der Waals surface area (Å²) in [6.45, 7) is 0. The minimum Gasteiger partial charge on any atom is -0.384 e. The number of halogens is 2. The van der Waals surface area contributed by atoms with Crippen LogP contribution in [-0.2, 0) is 4.79 Å². The molecule has 1 heterocycles. The van der Waals surface area contributed by atoms with Gasteiger partial charge in [-0.2, -0.15) is 0 Å². The number of benzene rings is 1. The molecule has 0 fully saturated rings. The van der Waals surface area contributed by atoms with E-state index in [1.54, 1.807) is 0 Å². The van der Waals surface area contributed by atoms with E-state index in [0.717, 1.165) is 12.1 Å². The van der Waals surface area contributed by atoms with Gasteiger partial charge in [0.15, 0.2) is 17.4 Å². The summed E-state index contributed by atoms with van der Waals surface area (Å²) in [5, 5.41) is 2.92. The summed E-state index contributed by atoms with van der Waals surface area (Å²) >= 11 is 0. The van der Waals surface area contributed by atoms with Crippen LogP contribution in [0, 0.1) is 11.6 Å². The molecule has 0 aromatic heterocycles. The smallest absolute Gasteiger partial charge is 0.159 e. The first-order valence-corrected chi connectivity index (χ1v) is 4.57. The molecule has 0 radical (unpaired) electrons. The third-order valence-electron chi connectivity index (χ3n) is 2.32. The molecule has 0 amide bonds. The minimum atomic E-state index is -0.892. The van der Waals surface area contributed by atoms with Gasteiger partial charge in [0.25, 0.3) is 0 Å². The maximum atomic E-state index is 12.9. The number of rotatable bonds is 1. The number of hydrogen-bond donors (Lipinski definition) is 1. The summed E-state index contributed by atoms with van der Waals surface area (Å²) in [6.07, 6.45) is 3.22. The highest BCUT2D eigenvalue weighted by atomic mass is 19.2. The fraction of sp³-hybridized carbons (Fsp3) is 0.182. The van der Waals surface area contributed by atoms with Crippen LogP contribution in [0.25, 0.3) is 0 Å². The van der Waals surface area contributed by atoms with Gasteiger partial charge in [-0.05, 0) is 23.8 Å². The van der Waals surface area contributed by atoms with Crippen molar-refractivity contribution in [2.24, 2.45) is 0 Å². The number of hydrogen-bond acceptors (Lipinski definition) is 2. The SMILES string of the molecule is O=C1C=CNC(c2ccc(F)c(F)c2)C1. The van der Waals surface area contributed by atoms with E-state index >= 15 is 0 Å². The lowest BCUT2D eigenvalue weighted by molar-refractivity contribution is -0.115. The van der Waals surface area contributed by atoms with E-state index in [2.05, 4.69) is 5.32 Å². The molecule has 1 atom stereocenters. The summed E-state index contributed by atoms with van der Waals surface area (Å²) < 4.78 is 25.6. The van der Waals surface area contributed by atoms with Crippen molar-refractivity contribution < 1.29 is 13.6 Å². The van der Waals surface area contributed by atoms with Crippen molar-refractivity contribution in [2.75, 3.05) is 0 Å². The second-order valence-electron chi connectivity index (χ2n) is 3.40. The predicted molar refractivity (Wildman–Crippen MR) is 51.0 cm³/mol. The average Bonchev–Trinajstić information content (AvgIpc) is 2.22.